The van der Waals surface area contributed by atoms with E-state index in [1.807, 2.05) is 0 Å². The van der Waals surface area contributed by atoms with Gasteiger partial charge in [0.1, 0.15) is 5.54 Å². The van der Waals surface area contributed by atoms with Crippen LogP contribution in [0.3, 0.4) is 0 Å². The molecule has 3 nitrogen and oxygen atoms in total. The Morgan fingerprint density at radius 2 is 1.65 bits per heavy atom. The molecule has 17 heavy (non-hydrogen) atoms. The Bertz CT molecular complexity index is 243. The van der Waals surface area contributed by atoms with Crippen LogP contribution in [0.15, 0.2) is 0 Å². The quantitative estimate of drug-likeness (QED) is 0.821. The van der Waals surface area contributed by atoms with Crippen LogP contribution in [0.4, 0.5) is 0 Å². The van der Waals surface area contributed by atoms with Crippen LogP contribution < -0.4 is 0 Å². The van der Waals surface area contributed by atoms with Gasteiger partial charge in [0.05, 0.1) is 0 Å². The minimum Gasteiger partial charge on any atom is -0.480 e. The first-order chi connectivity index (χ1) is 8.04. The molecule has 1 rings (SSSR count). The molecule has 100 valence electrons. The van der Waals surface area contributed by atoms with Crippen LogP contribution in [0.1, 0.15) is 65.7 Å². The van der Waals surface area contributed by atoms with E-state index in [1.54, 1.807) is 0 Å². The van der Waals surface area contributed by atoms with Gasteiger partial charge in [-0.3, -0.25) is 9.69 Å². The molecule has 0 saturated heterocycles. The molecule has 0 spiro atoms. The summed E-state index contributed by atoms with van der Waals surface area (Å²) in [5.74, 6) is -0.616. The van der Waals surface area contributed by atoms with Crippen molar-refractivity contribution in [1.29, 1.82) is 0 Å². The van der Waals surface area contributed by atoms with Gasteiger partial charge in [-0.05, 0) is 33.2 Å². The number of carboxylic acids is 1. The highest BCUT2D eigenvalue weighted by molar-refractivity contribution is 5.78. The summed E-state index contributed by atoms with van der Waals surface area (Å²) in [6.45, 7) is 7.10. The van der Waals surface area contributed by atoms with Crippen LogP contribution in [0, 0.1) is 0 Å². The predicted octanol–water partition coefficient (Wildman–Crippen LogP) is 3.28. The Labute approximate surface area is 105 Å². The van der Waals surface area contributed by atoms with Gasteiger partial charge in [-0.15, -0.1) is 0 Å². The lowest BCUT2D eigenvalue weighted by atomic mass is 9.81. The maximum absolute atomic E-state index is 11.8. The van der Waals surface area contributed by atoms with Crippen molar-refractivity contribution in [2.75, 3.05) is 6.54 Å². The summed E-state index contributed by atoms with van der Waals surface area (Å²) in [6.07, 6.45) is 7.37. The van der Waals surface area contributed by atoms with E-state index < -0.39 is 11.5 Å². The Balaban J connectivity index is 2.95. The van der Waals surface area contributed by atoms with Crippen molar-refractivity contribution in [1.82, 2.24) is 4.90 Å². The van der Waals surface area contributed by atoms with Gasteiger partial charge >= 0.3 is 5.97 Å². The van der Waals surface area contributed by atoms with E-state index in [-0.39, 0.29) is 0 Å². The normalized spacial score (nSPS) is 21.2. The molecule has 3 heteroatoms. The molecule has 1 aliphatic carbocycles. The number of rotatable bonds is 4. The third kappa shape index (κ3) is 3.21. The third-order valence-corrected chi connectivity index (χ3v) is 4.09. The lowest BCUT2D eigenvalue weighted by Crippen LogP contribution is -2.57. The van der Waals surface area contributed by atoms with Crippen LogP contribution in [0.5, 0.6) is 0 Å². The van der Waals surface area contributed by atoms with Gasteiger partial charge in [-0.25, -0.2) is 0 Å². The summed E-state index contributed by atoms with van der Waals surface area (Å²) in [5, 5.41) is 9.71. The van der Waals surface area contributed by atoms with Crippen molar-refractivity contribution >= 4 is 5.97 Å². The molecule has 0 amide bonds. The standard InChI is InChI=1S/C14H27NO2/c1-4-15(12(2)3)14(13(16)17)10-8-6-5-7-9-11-14/h12H,4-11H2,1-3H3,(H,16,17). The summed E-state index contributed by atoms with van der Waals surface area (Å²) in [6, 6.07) is 0.301. The monoisotopic (exact) mass is 241 g/mol. The van der Waals surface area contributed by atoms with E-state index in [4.69, 9.17) is 0 Å². The molecular formula is C14H27NO2. The van der Waals surface area contributed by atoms with E-state index >= 15 is 0 Å². The van der Waals surface area contributed by atoms with Crippen molar-refractivity contribution in [3.05, 3.63) is 0 Å². The minimum absolute atomic E-state index is 0.301. The maximum Gasteiger partial charge on any atom is 0.324 e. The van der Waals surface area contributed by atoms with Gasteiger partial charge in [0.2, 0.25) is 0 Å². The number of likely N-dealkylation sites (N-methyl/N-ethyl adjacent to an activating group) is 1. The highest BCUT2D eigenvalue weighted by Gasteiger charge is 2.43. The number of nitrogens with zero attached hydrogens (tertiary/aromatic N) is 1. The smallest absolute Gasteiger partial charge is 0.324 e. The molecule has 0 atom stereocenters. The van der Waals surface area contributed by atoms with Gasteiger partial charge in [0.25, 0.3) is 0 Å². The van der Waals surface area contributed by atoms with Gasteiger partial charge in [0, 0.05) is 6.04 Å². The van der Waals surface area contributed by atoms with E-state index in [1.165, 1.54) is 19.3 Å². The van der Waals surface area contributed by atoms with Crippen molar-refractivity contribution in [3.8, 4) is 0 Å². The number of hydrogen-bond acceptors (Lipinski definition) is 2. The van der Waals surface area contributed by atoms with E-state index in [0.29, 0.717) is 6.04 Å². The number of carbonyl (C=O) groups is 1. The summed E-state index contributed by atoms with van der Waals surface area (Å²) in [5.41, 5.74) is -0.608. The molecule has 1 saturated carbocycles. The lowest BCUT2D eigenvalue weighted by molar-refractivity contribution is -0.155. The Hall–Kier alpha value is -0.570. The fourth-order valence-corrected chi connectivity index (χ4v) is 3.28. The van der Waals surface area contributed by atoms with Crippen molar-refractivity contribution < 1.29 is 9.90 Å². The fraction of sp³-hybridized carbons (Fsp3) is 0.929. The van der Waals surface area contributed by atoms with Crippen LogP contribution in [-0.4, -0.2) is 34.1 Å². The largest absolute Gasteiger partial charge is 0.480 e. The van der Waals surface area contributed by atoms with Crippen molar-refractivity contribution in [2.24, 2.45) is 0 Å². The summed E-state index contributed by atoms with van der Waals surface area (Å²) < 4.78 is 0. The SMILES string of the molecule is CCN(C(C)C)C1(C(=O)O)CCCCCCC1. The summed E-state index contributed by atoms with van der Waals surface area (Å²) in [4.78, 5) is 14.0. The van der Waals surface area contributed by atoms with E-state index in [0.717, 1.165) is 32.2 Å². The van der Waals surface area contributed by atoms with Crippen LogP contribution in [0.2, 0.25) is 0 Å². The summed E-state index contributed by atoms with van der Waals surface area (Å²) >= 11 is 0. The third-order valence-electron chi connectivity index (χ3n) is 4.09. The van der Waals surface area contributed by atoms with Crippen LogP contribution in [0.25, 0.3) is 0 Å². The minimum atomic E-state index is -0.616. The average Bonchev–Trinajstić information content (AvgIpc) is 2.21. The second kappa shape index (κ2) is 6.39. The Morgan fingerprint density at radius 1 is 1.18 bits per heavy atom. The van der Waals surface area contributed by atoms with Gasteiger partial charge in [0.15, 0.2) is 0 Å². The van der Waals surface area contributed by atoms with Gasteiger partial charge in [-0.2, -0.15) is 0 Å². The fourth-order valence-electron chi connectivity index (χ4n) is 3.28. The first-order valence-corrected chi connectivity index (χ1v) is 7.04. The zero-order valence-electron chi connectivity index (χ0n) is 11.5. The Kier molecular flexibility index (Phi) is 5.44. The lowest BCUT2D eigenvalue weighted by Gasteiger charge is -2.43. The zero-order valence-corrected chi connectivity index (χ0v) is 11.5. The second-order valence-electron chi connectivity index (χ2n) is 5.48. The molecule has 1 N–H and O–H groups in total. The maximum atomic E-state index is 11.8. The van der Waals surface area contributed by atoms with Gasteiger partial charge < -0.3 is 5.11 Å². The molecule has 1 aliphatic rings. The number of carboxylic acid groups (broad SMARTS) is 1. The molecule has 0 aliphatic heterocycles. The summed E-state index contributed by atoms with van der Waals surface area (Å²) in [7, 11) is 0. The molecule has 0 radical (unpaired) electrons. The molecule has 0 bridgehead atoms. The van der Waals surface area contributed by atoms with E-state index in [2.05, 4.69) is 25.7 Å². The van der Waals surface area contributed by atoms with Gasteiger partial charge in [-0.1, -0.05) is 39.0 Å². The van der Waals surface area contributed by atoms with Crippen molar-refractivity contribution in [2.45, 2.75) is 77.3 Å². The van der Waals surface area contributed by atoms with E-state index in [9.17, 15) is 9.90 Å². The molecule has 0 aromatic rings. The molecular weight excluding hydrogens is 214 g/mol. The molecule has 0 aromatic carbocycles. The second-order valence-corrected chi connectivity index (χ2v) is 5.48. The molecule has 1 fully saturated rings. The number of hydrogen-bond donors (Lipinski definition) is 1. The van der Waals surface area contributed by atoms with Crippen LogP contribution >= 0.6 is 0 Å². The topological polar surface area (TPSA) is 40.5 Å². The zero-order chi connectivity index (χ0) is 12.9. The first-order valence-electron chi connectivity index (χ1n) is 7.04. The highest BCUT2D eigenvalue weighted by Crippen LogP contribution is 2.33. The van der Waals surface area contributed by atoms with Crippen LogP contribution in [-0.2, 0) is 4.79 Å². The van der Waals surface area contributed by atoms with Crippen molar-refractivity contribution in [3.63, 3.8) is 0 Å². The average molecular weight is 241 g/mol. The predicted molar refractivity (Wildman–Crippen MR) is 70.2 cm³/mol. The molecule has 0 aromatic heterocycles. The molecule has 0 heterocycles. The Morgan fingerprint density at radius 3 is 2.00 bits per heavy atom. The first kappa shape index (κ1) is 14.5. The highest BCUT2D eigenvalue weighted by atomic mass is 16.4. The molecule has 0 unspecified atom stereocenters. The number of aliphatic carboxylic acids is 1.